The molecule has 8 heteroatoms. The quantitative estimate of drug-likeness (QED) is 0.711. The van der Waals surface area contributed by atoms with Crippen molar-refractivity contribution in [1.82, 2.24) is 15.5 Å². The Balaban J connectivity index is 1.72. The van der Waals surface area contributed by atoms with E-state index in [1.807, 2.05) is 0 Å². The van der Waals surface area contributed by atoms with Crippen molar-refractivity contribution < 1.29 is 18.8 Å². The SMILES string of the molecule is CC1(C)NC(=O)N(CC(=O)Nc2ccc3c(c2F)CCNC3)C1=O. The molecule has 2 aliphatic heterocycles. The molecule has 7 nitrogen and oxygen atoms in total. The van der Waals surface area contributed by atoms with Gasteiger partial charge in [-0.25, -0.2) is 9.18 Å². The highest BCUT2D eigenvalue weighted by molar-refractivity contribution is 6.09. The first-order valence-electron chi connectivity index (χ1n) is 7.74. The van der Waals surface area contributed by atoms with Crippen molar-refractivity contribution in [2.45, 2.75) is 32.4 Å². The number of halogens is 1. The lowest BCUT2D eigenvalue weighted by Gasteiger charge is -2.20. The van der Waals surface area contributed by atoms with Crippen molar-refractivity contribution in [1.29, 1.82) is 0 Å². The number of carbonyl (C=O) groups excluding carboxylic acids is 3. The van der Waals surface area contributed by atoms with Crippen molar-refractivity contribution in [3.05, 3.63) is 29.1 Å². The van der Waals surface area contributed by atoms with Crippen LogP contribution in [0, 0.1) is 5.82 Å². The van der Waals surface area contributed by atoms with Crippen molar-refractivity contribution in [3.8, 4) is 0 Å². The maximum Gasteiger partial charge on any atom is 0.325 e. The molecule has 1 fully saturated rings. The summed E-state index contributed by atoms with van der Waals surface area (Å²) in [6.07, 6.45) is 0.548. The van der Waals surface area contributed by atoms with Gasteiger partial charge in [0.15, 0.2) is 0 Å². The third-order valence-corrected chi connectivity index (χ3v) is 4.23. The summed E-state index contributed by atoms with van der Waals surface area (Å²) in [4.78, 5) is 36.8. The summed E-state index contributed by atoms with van der Waals surface area (Å²) in [5.74, 6) is -1.57. The molecule has 0 atom stereocenters. The number of carbonyl (C=O) groups is 3. The molecule has 0 unspecified atom stereocenters. The maximum absolute atomic E-state index is 14.5. The highest BCUT2D eigenvalue weighted by Gasteiger charge is 2.44. The van der Waals surface area contributed by atoms with E-state index >= 15 is 0 Å². The molecule has 128 valence electrons. The molecule has 2 aliphatic rings. The van der Waals surface area contributed by atoms with Crippen molar-refractivity contribution in [3.63, 3.8) is 0 Å². The second-order valence-electron chi connectivity index (χ2n) is 6.49. The van der Waals surface area contributed by atoms with E-state index in [4.69, 9.17) is 0 Å². The van der Waals surface area contributed by atoms with Crippen LogP contribution < -0.4 is 16.0 Å². The van der Waals surface area contributed by atoms with Crippen LogP contribution in [0.1, 0.15) is 25.0 Å². The number of benzene rings is 1. The second kappa shape index (κ2) is 5.86. The number of amides is 4. The number of rotatable bonds is 3. The van der Waals surface area contributed by atoms with E-state index in [1.54, 1.807) is 19.9 Å². The number of hydrogen-bond acceptors (Lipinski definition) is 4. The van der Waals surface area contributed by atoms with Gasteiger partial charge in [-0.3, -0.25) is 14.5 Å². The van der Waals surface area contributed by atoms with Crippen LogP contribution in [0.15, 0.2) is 12.1 Å². The molecule has 1 saturated heterocycles. The van der Waals surface area contributed by atoms with E-state index in [0.717, 1.165) is 10.5 Å². The number of anilines is 1. The van der Waals surface area contributed by atoms with Crippen LogP contribution in [0.3, 0.4) is 0 Å². The monoisotopic (exact) mass is 334 g/mol. The van der Waals surface area contributed by atoms with Gasteiger partial charge in [0.05, 0.1) is 5.69 Å². The fraction of sp³-hybridized carbons (Fsp3) is 0.438. The summed E-state index contributed by atoms with van der Waals surface area (Å²) in [6, 6.07) is 2.63. The zero-order valence-electron chi connectivity index (χ0n) is 13.5. The van der Waals surface area contributed by atoms with Crippen molar-refractivity contribution >= 4 is 23.5 Å². The summed E-state index contributed by atoms with van der Waals surface area (Å²) in [5.41, 5.74) is 0.476. The molecule has 0 aliphatic carbocycles. The van der Waals surface area contributed by atoms with Gasteiger partial charge in [-0.1, -0.05) is 6.07 Å². The smallest absolute Gasteiger partial charge is 0.324 e. The molecule has 0 spiro atoms. The van der Waals surface area contributed by atoms with Crippen LogP contribution in [0.2, 0.25) is 0 Å². The number of hydrogen-bond donors (Lipinski definition) is 3. The first-order valence-corrected chi connectivity index (χ1v) is 7.74. The fourth-order valence-corrected chi connectivity index (χ4v) is 2.92. The minimum atomic E-state index is -1.04. The molecular formula is C16H19FN4O3. The van der Waals surface area contributed by atoms with Crippen LogP contribution >= 0.6 is 0 Å². The van der Waals surface area contributed by atoms with E-state index in [1.165, 1.54) is 6.07 Å². The Kier molecular flexibility index (Phi) is 4.00. The summed E-state index contributed by atoms with van der Waals surface area (Å²) in [5, 5.41) is 8.09. The normalized spacial score (nSPS) is 19.0. The topological polar surface area (TPSA) is 90.5 Å². The number of imide groups is 1. The van der Waals surface area contributed by atoms with Gasteiger partial charge >= 0.3 is 6.03 Å². The van der Waals surface area contributed by atoms with Crippen molar-refractivity contribution in [2.75, 3.05) is 18.4 Å². The van der Waals surface area contributed by atoms with E-state index in [9.17, 15) is 18.8 Å². The Morgan fingerprint density at radius 1 is 1.38 bits per heavy atom. The fourth-order valence-electron chi connectivity index (χ4n) is 2.92. The summed E-state index contributed by atoms with van der Waals surface area (Å²) < 4.78 is 14.5. The molecule has 0 bridgehead atoms. The van der Waals surface area contributed by atoms with Gasteiger partial charge in [0.25, 0.3) is 5.91 Å². The molecule has 0 radical (unpaired) electrons. The van der Waals surface area contributed by atoms with Crippen LogP contribution in [0.4, 0.5) is 14.9 Å². The zero-order chi connectivity index (χ0) is 17.5. The number of nitrogens with one attached hydrogen (secondary N) is 3. The van der Waals surface area contributed by atoms with Crippen LogP contribution in [0.5, 0.6) is 0 Å². The lowest BCUT2D eigenvalue weighted by molar-refractivity contribution is -0.132. The molecule has 0 saturated carbocycles. The summed E-state index contributed by atoms with van der Waals surface area (Å²) in [6.45, 7) is 3.94. The Morgan fingerprint density at radius 3 is 2.79 bits per heavy atom. The predicted octanol–water partition coefficient (Wildman–Crippen LogP) is 0.740. The number of urea groups is 1. The summed E-state index contributed by atoms with van der Waals surface area (Å²) >= 11 is 0. The van der Waals surface area contributed by atoms with E-state index in [2.05, 4.69) is 16.0 Å². The third-order valence-electron chi connectivity index (χ3n) is 4.23. The third kappa shape index (κ3) is 2.84. The van der Waals surface area contributed by atoms with Gasteiger partial charge in [0, 0.05) is 6.54 Å². The maximum atomic E-state index is 14.5. The van der Waals surface area contributed by atoms with Gasteiger partial charge < -0.3 is 16.0 Å². The average molecular weight is 334 g/mol. The molecule has 3 N–H and O–H groups in total. The first kappa shape index (κ1) is 16.4. The van der Waals surface area contributed by atoms with E-state index < -0.39 is 35.7 Å². The standard InChI is InChI=1S/C16H19FN4O3/c1-16(2)14(23)21(15(24)20-16)8-12(22)19-11-4-3-9-7-18-6-5-10(9)13(11)17/h3-4,18H,5-8H2,1-2H3,(H,19,22)(H,20,24). The van der Waals surface area contributed by atoms with Crippen LogP contribution in [0.25, 0.3) is 0 Å². The molecule has 3 rings (SSSR count). The Hall–Kier alpha value is -2.48. The number of nitrogens with zero attached hydrogens (tertiary/aromatic N) is 1. The zero-order valence-corrected chi connectivity index (χ0v) is 13.5. The van der Waals surface area contributed by atoms with Gasteiger partial charge in [-0.15, -0.1) is 0 Å². The molecule has 2 heterocycles. The largest absolute Gasteiger partial charge is 0.325 e. The molecular weight excluding hydrogens is 315 g/mol. The van der Waals surface area contributed by atoms with E-state index in [-0.39, 0.29) is 5.69 Å². The predicted molar refractivity (Wildman–Crippen MR) is 84.8 cm³/mol. The van der Waals surface area contributed by atoms with Crippen LogP contribution in [-0.4, -0.2) is 41.4 Å². The van der Waals surface area contributed by atoms with E-state index in [0.29, 0.717) is 25.1 Å². The molecule has 24 heavy (non-hydrogen) atoms. The minimum absolute atomic E-state index is 0.0620. The summed E-state index contributed by atoms with van der Waals surface area (Å²) in [7, 11) is 0. The van der Waals surface area contributed by atoms with Crippen molar-refractivity contribution in [2.24, 2.45) is 0 Å². The number of fused-ring (bicyclic) bond motifs is 1. The molecule has 1 aromatic rings. The average Bonchev–Trinajstić information content (AvgIpc) is 2.72. The first-order chi connectivity index (χ1) is 11.3. The Bertz CT molecular complexity index is 732. The lowest BCUT2D eigenvalue weighted by atomic mass is 9.99. The second-order valence-corrected chi connectivity index (χ2v) is 6.49. The van der Waals surface area contributed by atoms with Gasteiger partial charge in [-0.2, -0.15) is 0 Å². The molecule has 0 aromatic heterocycles. The highest BCUT2D eigenvalue weighted by Crippen LogP contribution is 2.24. The Morgan fingerprint density at radius 2 is 2.12 bits per heavy atom. The van der Waals surface area contributed by atoms with Crippen LogP contribution in [-0.2, 0) is 22.6 Å². The highest BCUT2D eigenvalue weighted by atomic mass is 19.1. The van der Waals surface area contributed by atoms with Gasteiger partial charge in [0.2, 0.25) is 5.91 Å². The van der Waals surface area contributed by atoms with Gasteiger partial charge in [-0.05, 0) is 44.0 Å². The van der Waals surface area contributed by atoms with Gasteiger partial charge in [0.1, 0.15) is 17.9 Å². The molecule has 1 aromatic carbocycles. The Labute approximate surface area is 138 Å². The lowest BCUT2D eigenvalue weighted by Crippen LogP contribution is -2.41. The minimum Gasteiger partial charge on any atom is -0.324 e. The molecule has 4 amide bonds.